The maximum Gasteiger partial charge on any atom is 0.252 e. The lowest BCUT2D eigenvalue weighted by molar-refractivity contribution is 0.0950. The first-order chi connectivity index (χ1) is 9.31. The average molecular weight is 272 g/mol. The van der Waals surface area contributed by atoms with Gasteiger partial charge >= 0.3 is 0 Å². The third-order valence-electron chi connectivity index (χ3n) is 2.36. The van der Waals surface area contributed by atoms with Crippen molar-refractivity contribution in [3.05, 3.63) is 52.0 Å². The Morgan fingerprint density at radius 3 is 3.00 bits per heavy atom. The maximum absolute atomic E-state index is 12.1. The van der Waals surface area contributed by atoms with Gasteiger partial charge < -0.3 is 10.4 Å². The Morgan fingerprint density at radius 2 is 2.26 bits per heavy atom. The van der Waals surface area contributed by atoms with Crippen molar-refractivity contribution in [3.63, 3.8) is 0 Å². The molecular formula is C14H12N2O2S. The van der Waals surface area contributed by atoms with Gasteiger partial charge in [-0.1, -0.05) is 24.0 Å². The van der Waals surface area contributed by atoms with Gasteiger partial charge in [0.2, 0.25) is 0 Å². The van der Waals surface area contributed by atoms with E-state index in [1.165, 1.54) is 11.3 Å². The van der Waals surface area contributed by atoms with Crippen LogP contribution in [0.5, 0.6) is 0 Å². The monoisotopic (exact) mass is 272 g/mol. The average Bonchev–Trinajstić information content (AvgIpc) is 2.96. The van der Waals surface area contributed by atoms with E-state index in [4.69, 9.17) is 5.11 Å². The molecule has 0 saturated heterocycles. The van der Waals surface area contributed by atoms with E-state index in [2.05, 4.69) is 22.1 Å². The Kier molecular flexibility index (Phi) is 4.67. The molecule has 0 aliphatic rings. The van der Waals surface area contributed by atoms with Crippen molar-refractivity contribution in [1.29, 1.82) is 0 Å². The number of hydrogen-bond acceptors (Lipinski definition) is 4. The van der Waals surface area contributed by atoms with Crippen molar-refractivity contribution in [2.24, 2.45) is 0 Å². The van der Waals surface area contributed by atoms with Crippen LogP contribution >= 0.6 is 11.3 Å². The number of hydrogen-bond donors (Lipinski definition) is 2. The standard InChI is InChI=1S/C14H12N2O2S/c17-8-3-5-11-4-1-2-6-12(11)14(18)16-10-13-15-7-9-19-13/h1-2,4,6-7,9,17H,8,10H2,(H,16,18). The van der Waals surface area contributed by atoms with Gasteiger partial charge in [0, 0.05) is 17.1 Å². The number of rotatable bonds is 3. The number of amides is 1. The van der Waals surface area contributed by atoms with Crippen LogP contribution in [0.4, 0.5) is 0 Å². The van der Waals surface area contributed by atoms with Gasteiger partial charge in [0.05, 0.1) is 12.1 Å². The fourth-order valence-corrected chi connectivity index (χ4v) is 2.07. The molecule has 2 rings (SSSR count). The Balaban J connectivity index is 2.10. The number of aromatic nitrogens is 1. The smallest absolute Gasteiger partial charge is 0.252 e. The number of nitrogens with one attached hydrogen (secondary N) is 1. The molecule has 19 heavy (non-hydrogen) atoms. The summed E-state index contributed by atoms with van der Waals surface area (Å²) in [6.07, 6.45) is 1.70. The first-order valence-corrected chi connectivity index (χ1v) is 6.54. The fourth-order valence-electron chi connectivity index (χ4n) is 1.52. The number of thiazole rings is 1. The summed E-state index contributed by atoms with van der Waals surface area (Å²) < 4.78 is 0. The molecule has 0 unspecified atom stereocenters. The molecule has 1 amide bonds. The predicted octanol–water partition coefficient (Wildman–Crippen LogP) is 1.42. The van der Waals surface area contributed by atoms with Crippen LogP contribution in [0, 0.1) is 11.8 Å². The molecule has 0 aliphatic heterocycles. The van der Waals surface area contributed by atoms with Gasteiger partial charge in [-0.05, 0) is 12.1 Å². The van der Waals surface area contributed by atoms with Gasteiger partial charge in [-0.2, -0.15) is 0 Å². The molecule has 0 aliphatic carbocycles. The summed E-state index contributed by atoms with van der Waals surface area (Å²) in [6, 6.07) is 7.04. The maximum atomic E-state index is 12.1. The zero-order valence-electron chi connectivity index (χ0n) is 10.1. The molecule has 5 heteroatoms. The summed E-state index contributed by atoms with van der Waals surface area (Å²) >= 11 is 1.49. The van der Waals surface area contributed by atoms with E-state index in [1.54, 1.807) is 30.5 Å². The minimum absolute atomic E-state index is 0.196. The van der Waals surface area contributed by atoms with Crippen LogP contribution in [-0.2, 0) is 6.54 Å². The second-order valence-electron chi connectivity index (χ2n) is 3.61. The van der Waals surface area contributed by atoms with Crippen molar-refractivity contribution in [1.82, 2.24) is 10.3 Å². The lowest BCUT2D eigenvalue weighted by Gasteiger charge is -2.05. The molecule has 0 fully saturated rings. The van der Waals surface area contributed by atoms with Crippen molar-refractivity contribution in [3.8, 4) is 11.8 Å². The molecule has 2 aromatic rings. The Morgan fingerprint density at radius 1 is 1.42 bits per heavy atom. The third kappa shape index (κ3) is 3.65. The fraction of sp³-hybridized carbons (Fsp3) is 0.143. The molecule has 0 bridgehead atoms. The molecule has 0 spiro atoms. The van der Waals surface area contributed by atoms with E-state index in [9.17, 15) is 4.79 Å². The largest absolute Gasteiger partial charge is 0.384 e. The predicted molar refractivity (Wildman–Crippen MR) is 73.7 cm³/mol. The highest BCUT2D eigenvalue weighted by molar-refractivity contribution is 7.09. The second-order valence-corrected chi connectivity index (χ2v) is 4.59. The minimum Gasteiger partial charge on any atom is -0.384 e. The first kappa shape index (κ1) is 13.3. The van der Waals surface area contributed by atoms with Crippen molar-refractivity contribution < 1.29 is 9.90 Å². The van der Waals surface area contributed by atoms with E-state index in [-0.39, 0.29) is 12.5 Å². The van der Waals surface area contributed by atoms with Crippen molar-refractivity contribution in [2.75, 3.05) is 6.61 Å². The van der Waals surface area contributed by atoms with E-state index in [0.29, 0.717) is 17.7 Å². The molecular weight excluding hydrogens is 260 g/mol. The Bertz CT molecular complexity index is 612. The van der Waals surface area contributed by atoms with Gasteiger partial charge in [0.15, 0.2) is 0 Å². The Labute approximate surface area is 115 Å². The first-order valence-electron chi connectivity index (χ1n) is 5.66. The van der Waals surface area contributed by atoms with Crippen LogP contribution in [0.25, 0.3) is 0 Å². The van der Waals surface area contributed by atoms with Gasteiger partial charge in [0.25, 0.3) is 5.91 Å². The molecule has 0 saturated carbocycles. The van der Waals surface area contributed by atoms with Gasteiger partial charge in [0.1, 0.15) is 11.6 Å². The lowest BCUT2D eigenvalue weighted by Crippen LogP contribution is -2.23. The molecule has 96 valence electrons. The van der Waals surface area contributed by atoms with E-state index < -0.39 is 0 Å². The zero-order chi connectivity index (χ0) is 13.5. The summed E-state index contributed by atoms with van der Waals surface area (Å²) in [4.78, 5) is 16.2. The number of aliphatic hydroxyl groups is 1. The summed E-state index contributed by atoms with van der Waals surface area (Å²) in [7, 11) is 0. The molecule has 1 heterocycles. The quantitative estimate of drug-likeness (QED) is 0.831. The number of carbonyl (C=O) groups excluding carboxylic acids is 1. The van der Waals surface area contributed by atoms with Crippen LogP contribution in [0.1, 0.15) is 20.9 Å². The lowest BCUT2D eigenvalue weighted by atomic mass is 10.1. The number of benzene rings is 1. The molecule has 0 radical (unpaired) electrons. The van der Waals surface area contributed by atoms with E-state index >= 15 is 0 Å². The second kappa shape index (κ2) is 6.69. The third-order valence-corrected chi connectivity index (χ3v) is 3.14. The molecule has 2 N–H and O–H groups in total. The highest BCUT2D eigenvalue weighted by Gasteiger charge is 2.09. The summed E-state index contributed by atoms with van der Waals surface area (Å²) in [5.41, 5.74) is 1.10. The summed E-state index contributed by atoms with van der Waals surface area (Å²) in [5, 5.41) is 14.2. The van der Waals surface area contributed by atoms with Crippen molar-refractivity contribution in [2.45, 2.75) is 6.54 Å². The van der Waals surface area contributed by atoms with Crippen LogP contribution in [0.2, 0.25) is 0 Å². The van der Waals surface area contributed by atoms with E-state index in [1.807, 2.05) is 5.38 Å². The SMILES string of the molecule is O=C(NCc1nccs1)c1ccccc1C#CCO. The minimum atomic E-state index is -0.227. The normalized spacial score (nSPS) is 9.53. The highest BCUT2D eigenvalue weighted by atomic mass is 32.1. The van der Waals surface area contributed by atoms with Crippen LogP contribution in [0.15, 0.2) is 35.8 Å². The zero-order valence-corrected chi connectivity index (χ0v) is 10.9. The summed E-state index contributed by atoms with van der Waals surface area (Å²) in [6.45, 7) is 0.174. The molecule has 1 aromatic heterocycles. The Hall–Kier alpha value is -2.16. The number of aliphatic hydroxyl groups excluding tert-OH is 1. The van der Waals surface area contributed by atoms with Crippen LogP contribution in [-0.4, -0.2) is 22.6 Å². The molecule has 4 nitrogen and oxygen atoms in total. The molecule has 1 aromatic carbocycles. The number of nitrogens with zero attached hydrogens (tertiary/aromatic N) is 1. The van der Waals surface area contributed by atoms with Crippen LogP contribution < -0.4 is 5.32 Å². The van der Waals surface area contributed by atoms with E-state index in [0.717, 1.165) is 5.01 Å². The highest BCUT2D eigenvalue weighted by Crippen LogP contribution is 2.08. The molecule has 0 atom stereocenters. The number of carbonyl (C=O) groups is 1. The van der Waals surface area contributed by atoms with Gasteiger partial charge in [-0.15, -0.1) is 11.3 Å². The summed E-state index contributed by atoms with van der Waals surface area (Å²) in [5.74, 6) is 5.11. The van der Waals surface area contributed by atoms with Crippen molar-refractivity contribution >= 4 is 17.2 Å². The van der Waals surface area contributed by atoms with Gasteiger partial charge in [-0.25, -0.2) is 4.98 Å². The topological polar surface area (TPSA) is 62.2 Å². The van der Waals surface area contributed by atoms with Crippen LogP contribution in [0.3, 0.4) is 0 Å². The van der Waals surface area contributed by atoms with Gasteiger partial charge in [-0.3, -0.25) is 4.79 Å².